The van der Waals surface area contributed by atoms with E-state index in [1.807, 2.05) is 0 Å². The first-order chi connectivity index (χ1) is 8.94. The number of aromatic nitrogens is 2. The summed E-state index contributed by atoms with van der Waals surface area (Å²) in [5.41, 5.74) is -1.09. The Morgan fingerprint density at radius 3 is 2.37 bits per heavy atom. The minimum atomic E-state index is -3.57. The standard InChI is InChI=1S/C11H9N3O4S/c12-4-1-5-19(17,18)7-2-3-8-9(6-7)14-11(16)10(15)13-8/h2-3,6H,1,5H2,(H,13,15)(H,14,16). The second-order valence-corrected chi connectivity index (χ2v) is 5.95. The number of H-pyrrole nitrogens is 2. The first kappa shape index (κ1) is 13.0. The largest absolute Gasteiger partial charge is 0.316 e. The van der Waals surface area contributed by atoms with Gasteiger partial charge in [0.1, 0.15) is 0 Å². The van der Waals surface area contributed by atoms with Crippen LogP contribution in [0.15, 0.2) is 32.7 Å². The molecule has 0 aliphatic carbocycles. The predicted octanol–water partition coefficient (Wildman–Crippen LogP) is -0.0962. The Hall–Kier alpha value is -2.40. The van der Waals surface area contributed by atoms with Gasteiger partial charge in [-0.05, 0) is 18.2 Å². The van der Waals surface area contributed by atoms with Crippen molar-refractivity contribution in [1.29, 1.82) is 5.26 Å². The van der Waals surface area contributed by atoms with Crippen LogP contribution in [0.2, 0.25) is 0 Å². The highest BCUT2D eigenvalue weighted by atomic mass is 32.2. The van der Waals surface area contributed by atoms with Gasteiger partial charge in [-0.3, -0.25) is 9.59 Å². The van der Waals surface area contributed by atoms with Crippen LogP contribution in [0.5, 0.6) is 0 Å². The van der Waals surface area contributed by atoms with Crippen LogP contribution in [0, 0.1) is 11.3 Å². The molecular weight excluding hydrogens is 270 g/mol. The van der Waals surface area contributed by atoms with Crippen LogP contribution < -0.4 is 11.1 Å². The maximum atomic E-state index is 11.9. The van der Waals surface area contributed by atoms with Gasteiger partial charge < -0.3 is 9.97 Å². The number of benzene rings is 1. The number of nitrogens with zero attached hydrogens (tertiary/aromatic N) is 1. The smallest absolute Gasteiger partial charge is 0.314 e. The molecule has 0 aliphatic heterocycles. The van der Waals surface area contributed by atoms with Gasteiger partial charge in [0.2, 0.25) is 0 Å². The highest BCUT2D eigenvalue weighted by Gasteiger charge is 2.14. The van der Waals surface area contributed by atoms with Crippen molar-refractivity contribution in [3.05, 3.63) is 38.9 Å². The molecule has 0 bridgehead atoms. The van der Waals surface area contributed by atoms with Gasteiger partial charge in [-0.2, -0.15) is 5.26 Å². The second kappa shape index (κ2) is 4.70. The second-order valence-electron chi connectivity index (χ2n) is 3.84. The minimum Gasteiger partial charge on any atom is -0.316 e. The molecule has 2 N–H and O–H groups in total. The predicted molar refractivity (Wildman–Crippen MR) is 67.5 cm³/mol. The van der Waals surface area contributed by atoms with Crippen LogP contribution in [0.1, 0.15) is 6.42 Å². The third kappa shape index (κ3) is 2.56. The van der Waals surface area contributed by atoms with E-state index >= 15 is 0 Å². The summed E-state index contributed by atoms with van der Waals surface area (Å²) in [4.78, 5) is 26.9. The summed E-state index contributed by atoms with van der Waals surface area (Å²) in [6, 6.07) is 5.74. The third-order valence-corrected chi connectivity index (χ3v) is 4.25. The monoisotopic (exact) mass is 279 g/mol. The molecule has 2 rings (SSSR count). The molecule has 98 valence electrons. The van der Waals surface area contributed by atoms with Crippen molar-refractivity contribution in [1.82, 2.24) is 9.97 Å². The number of nitriles is 1. The Bertz CT molecular complexity index is 887. The number of aromatic amines is 2. The van der Waals surface area contributed by atoms with Gasteiger partial charge in [0.05, 0.1) is 27.8 Å². The lowest BCUT2D eigenvalue weighted by molar-refractivity contribution is 0.596. The Labute approximate surface area is 107 Å². The van der Waals surface area contributed by atoms with Gasteiger partial charge in [-0.1, -0.05) is 0 Å². The molecule has 2 aromatic rings. The molecule has 0 radical (unpaired) electrons. The summed E-state index contributed by atoms with van der Waals surface area (Å²) < 4.78 is 23.7. The van der Waals surface area contributed by atoms with E-state index in [0.717, 1.165) is 0 Å². The maximum absolute atomic E-state index is 11.9. The Morgan fingerprint density at radius 2 is 1.74 bits per heavy atom. The van der Waals surface area contributed by atoms with E-state index < -0.39 is 21.0 Å². The zero-order valence-corrected chi connectivity index (χ0v) is 10.5. The van der Waals surface area contributed by atoms with Crippen molar-refractivity contribution in [2.75, 3.05) is 5.75 Å². The van der Waals surface area contributed by atoms with Gasteiger partial charge in [0, 0.05) is 6.42 Å². The molecule has 1 aromatic heterocycles. The van der Waals surface area contributed by atoms with Crippen LogP contribution in [0.4, 0.5) is 0 Å². The topological polar surface area (TPSA) is 124 Å². The molecule has 0 amide bonds. The summed E-state index contributed by atoms with van der Waals surface area (Å²) in [5, 5.41) is 8.41. The number of nitrogens with one attached hydrogen (secondary N) is 2. The van der Waals surface area contributed by atoms with Crippen molar-refractivity contribution in [2.24, 2.45) is 0 Å². The number of hydrogen-bond acceptors (Lipinski definition) is 5. The van der Waals surface area contributed by atoms with Crippen LogP contribution in [0.25, 0.3) is 11.0 Å². The Morgan fingerprint density at radius 1 is 1.11 bits per heavy atom. The van der Waals surface area contributed by atoms with E-state index in [-0.39, 0.29) is 22.6 Å². The highest BCUT2D eigenvalue weighted by Crippen LogP contribution is 2.16. The van der Waals surface area contributed by atoms with Crippen molar-refractivity contribution < 1.29 is 8.42 Å². The lowest BCUT2D eigenvalue weighted by atomic mass is 10.3. The van der Waals surface area contributed by atoms with Crippen molar-refractivity contribution in [3.63, 3.8) is 0 Å². The zero-order valence-electron chi connectivity index (χ0n) is 9.63. The van der Waals surface area contributed by atoms with Gasteiger partial charge in [-0.25, -0.2) is 8.42 Å². The normalized spacial score (nSPS) is 11.3. The first-order valence-corrected chi connectivity index (χ1v) is 6.95. The van der Waals surface area contributed by atoms with E-state index in [0.29, 0.717) is 5.52 Å². The van der Waals surface area contributed by atoms with E-state index in [1.165, 1.54) is 18.2 Å². The molecule has 0 saturated heterocycles. The van der Waals surface area contributed by atoms with E-state index in [1.54, 1.807) is 6.07 Å². The summed E-state index contributed by atoms with van der Waals surface area (Å²) >= 11 is 0. The van der Waals surface area contributed by atoms with Crippen LogP contribution in [-0.2, 0) is 9.84 Å². The van der Waals surface area contributed by atoms with Crippen LogP contribution in [-0.4, -0.2) is 24.1 Å². The fourth-order valence-corrected chi connectivity index (χ4v) is 2.75. The molecule has 8 heteroatoms. The van der Waals surface area contributed by atoms with Gasteiger partial charge >= 0.3 is 11.1 Å². The van der Waals surface area contributed by atoms with Crippen LogP contribution in [0.3, 0.4) is 0 Å². The number of sulfone groups is 1. The molecule has 0 aliphatic rings. The summed E-state index contributed by atoms with van der Waals surface area (Å²) in [7, 11) is -3.57. The van der Waals surface area contributed by atoms with E-state index in [2.05, 4.69) is 9.97 Å². The lowest BCUT2D eigenvalue weighted by Gasteiger charge is -2.03. The summed E-state index contributed by atoms with van der Waals surface area (Å²) in [5.74, 6) is -0.289. The SMILES string of the molecule is N#CCCS(=O)(=O)c1ccc2[nH]c(=O)c(=O)[nH]c2c1. The molecule has 1 aromatic carbocycles. The van der Waals surface area contributed by atoms with Crippen molar-refractivity contribution >= 4 is 20.9 Å². The first-order valence-electron chi connectivity index (χ1n) is 5.30. The van der Waals surface area contributed by atoms with E-state index in [9.17, 15) is 18.0 Å². The molecule has 0 spiro atoms. The molecule has 0 fully saturated rings. The van der Waals surface area contributed by atoms with E-state index in [4.69, 9.17) is 5.26 Å². The minimum absolute atomic E-state index is 0.00190. The third-order valence-electron chi connectivity index (χ3n) is 2.54. The number of rotatable bonds is 3. The summed E-state index contributed by atoms with van der Waals surface area (Å²) in [6.45, 7) is 0. The number of fused-ring (bicyclic) bond motifs is 1. The summed E-state index contributed by atoms with van der Waals surface area (Å²) in [6.07, 6.45) is -0.109. The fraction of sp³-hybridized carbons (Fsp3) is 0.182. The van der Waals surface area contributed by atoms with Gasteiger partial charge in [0.25, 0.3) is 0 Å². The van der Waals surface area contributed by atoms with Crippen molar-refractivity contribution in [3.8, 4) is 6.07 Å². The molecule has 0 unspecified atom stereocenters. The molecule has 0 atom stereocenters. The van der Waals surface area contributed by atoms with Gasteiger partial charge in [0.15, 0.2) is 9.84 Å². The molecule has 1 heterocycles. The zero-order chi connectivity index (χ0) is 14.0. The van der Waals surface area contributed by atoms with Gasteiger partial charge in [-0.15, -0.1) is 0 Å². The molecule has 19 heavy (non-hydrogen) atoms. The fourth-order valence-electron chi connectivity index (χ4n) is 1.59. The lowest BCUT2D eigenvalue weighted by Crippen LogP contribution is -2.28. The molecular formula is C11H9N3O4S. The molecule has 0 saturated carbocycles. The average Bonchev–Trinajstić information content (AvgIpc) is 2.37. The van der Waals surface area contributed by atoms with Crippen LogP contribution >= 0.6 is 0 Å². The molecule has 7 nitrogen and oxygen atoms in total. The highest BCUT2D eigenvalue weighted by molar-refractivity contribution is 7.91. The Balaban J connectivity index is 2.60. The quantitative estimate of drug-likeness (QED) is 0.759. The number of hydrogen-bond donors (Lipinski definition) is 2. The maximum Gasteiger partial charge on any atom is 0.314 e. The Kier molecular flexibility index (Phi) is 3.23. The van der Waals surface area contributed by atoms with Crippen molar-refractivity contribution in [2.45, 2.75) is 11.3 Å². The average molecular weight is 279 g/mol.